The molecule has 0 atom stereocenters. The Bertz CT molecular complexity index is 548. The summed E-state index contributed by atoms with van der Waals surface area (Å²) in [5.74, 6) is 0.861. The van der Waals surface area contributed by atoms with Crippen LogP contribution in [0.25, 0.3) is 0 Å². The minimum absolute atomic E-state index is 0.405. The van der Waals surface area contributed by atoms with Gasteiger partial charge < -0.3 is 10.1 Å². The van der Waals surface area contributed by atoms with Crippen LogP contribution in [0.15, 0.2) is 12.1 Å². The predicted octanol–water partition coefficient (Wildman–Crippen LogP) is 3.82. The van der Waals surface area contributed by atoms with E-state index in [0.717, 1.165) is 39.1 Å². The van der Waals surface area contributed by atoms with Gasteiger partial charge in [0.1, 0.15) is 23.1 Å². The molecule has 1 heterocycles. The zero-order valence-electron chi connectivity index (χ0n) is 11.2. The molecule has 1 aromatic carbocycles. The van der Waals surface area contributed by atoms with Gasteiger partial charge in [-0.3, -0.25) is 0 Å². The number of anilines is 1. The molecule has 2 rings (SSSR count). The maximum absolute atomic E-state index is 6.00. The summed E-state index contributed by atoms with van der Waals surface area (Å²) in [7, 11) is 0. The van der Waals surface area contributed by atoms with E-state index in [-0.39, 0.29) is 0 Å². The lowest BCUT2D eigenvalue weighted by molar-refractivity contribution is 0.297. The van der Waals surface area contributed by atoms with E-state index < -0.39 is 0 Å². The average molecular weight is 298 g/mol. The van der Waals surface area contributed by atoms with Crippen LogP contribution in [0.1, 0.15) is 23.7 Å². The van der Waals surface area contributed by atoms with Gasteiger partial charge in [0, 0.05) is 23.1 Å². The summed E-state index contributed by atoms with van der Waals surface area (Å²) in [6.07, 6.45) is 0. The highest BCUT2D eigenvalue weighted by molar-refractivity contribution is 7.10. The molecule has 0 aliphatic rings. The maximum Gasteiger partial charge on any atom is 0.136 e. The summed E-state index contributed by atoms with van der Waals surface area (Å²) in [6.45, 7) is 7.26. The molecule has 1 N–H and O–H groups in total. The highest BCUT2D eigenvalue weighted by atomic mass is 35.5. The molecule has 0 bridgehead atoms. The van der Waals surface area contributed by atoms with Crippen molar-refractivity contribution in [3.05, 3.63) is 34.0 Å². The van der Waals surface area contributed by atoms with Crippen molar-refractivity contribution in [3.8, 4) is 5.75 Å². The molecule has 0 saturated carbocycles. The summed E-state index contributed by atoms with van der Waals surface area (Å²) >= 11 is 7.35. The number of benzene rings is 1. The van der Waals surface area contributed by atoms with E-state index in [1.165, 1.54) is 11.5 Å². The molecule has 19 heavy (non-hydrogen) atoms. The first-order chi connectivity index (χ1) is 9.11. The highest BCUT2D eigenvalue weighted by Crippen LogP contribution is 2.28. The van der Waals surface area contributed by atoms with Gasteiger partial charge in [-0.15, -0.1) is 5.10 Å². The Kier molecular flexibility index (Phi) is 4.61. The van der Waals surface area contributed by atoms with Crippen LogP contribution in [0.4, 0.5) is 5.00 Å². The van der Waals surface area contributed by atoms with Gasteiger partial charge in [-0.2, -0.15) is 0 Å². The van der Waals surface area contributed by atoms with Crippen molar-refractivity contribution in [1.82, 2.24) is 9.59 Å². The Hall–Kier alpha value is -1.33. The minimum atomic E-state index is 0.405. The second-order valence-electron chi connectivity index (χ2n) is 4.24. The van der Waals surface area contributed by atoms with Crippen LogP contribution in [0, 0.1) is 13.8 Å². The Labute approximate surface area is 121 Å². The van der Waals surface area contributed by atoms with Gasteiger partial charge in [-0.1, -0.05) is 16.1 Å². The maximum atomic E-state index is 6.00. The molecule has 0 fully saturated rings. The van der Waals surface area contributed by atoms with Crippen LogP contribution in [-0.2, 0) is 6.61 Å². The first kappa shape index (κ1) is 14.1. The molecule has 0 amide bonds. The zero-order chi connectivity index (χ0) is 13.8. The lowest BCUT2D eigenvalue weighted by atomic mass is 10.1. The standard InChI is InChI=1S/C13H16ClN3OS/c1-4-15-13-11(16-17-19-13)7-18-12-8(2)5-10(14)6-9(12)3/h5-6,15H,4,7H2,1-3H3. The van der Waals surface area contributed by atoms with Crippen LogP contribution < -0.4 is 10.1 Å². The van der Waals surface area contributed by atoms with Crippen molar-refractivity contribution in [3.63, 3.8) is 0 Å². The topological polar surface area (TPSA) is 47.0 Å². The molecule has 0 radical (unpaired) electrons. The van der Waals surface area contributed by atoms with Crippen molar-refractivity contribution in [2.75, 3.05) is 11.9 Å². The van der Waals surface area contributed by atoms with Crippen LogP contribution >= 0.6 is 23.1 Å². The fraction of sp³-hybridized carbons (Fsp3) is 0.385. The van der Waals surface area contributed by atoms with Gasteiger partial charge in [0.05, 0.1) is 0 Å². The van der Waals surface area contributed by atoms with Crippen LogP contribution in [-0.4, -0.2) is 16.1 Å². The first-order valence-corrected chi connectivity index (χ1v) is 7.21. The SMILES string of the molecule is CCNc1snnc1COc1c(C)cc(Cl)cc1C. The van der Waals surface area contributed by atoms with E-state index >= 15 is 0 Å². The number of hydrogen-bond donors (Lipinski definition) is 1. The second kappa shape index (κ2) is 6.21. The molecule has 0 aliphatic carbocycles. The molecule has 0 unspecified atom stereocenters. The van der Waals surface area contributed by atoms with Gasteiger partial charge in [-0.25, -0.2) is 0 Å². The van der Waals surface area contributed by atoms with Crippen LogP contribution in [0.3, 0.4) is 0 Å². The van der Waals surface area contributed by atoms with Crippen molar-refractivity contribution in [1.29, 1.82) is 0 Å². The number of nitrogens with one attached hydrogen (secondary N) is 1. The van der Waals surface area contributed by atoms with Crippen LogP contribution in [0.2, 0.25) is 5.02 Å². The number of aryl methyl sites for hydroxylation is 2. The molecule has 1 aromatic heterocycles. The van der Waals surface area contributed by atoms with Gasteiger partial charge in [0.25, 0.3) is 0 Å². The summed E-state index contributed by atoms with van der Waals surface area (Å²) in [6, 6.07) is 3.79. The molecular weight excluding hydrogens is 282 g/mol. The monoisotopic (exact) mass is 297 g/mol. The van der Waals surface area contributed by atoms with E-state index in [9.17, 15) is 0 Å². The highest BCUT2D eigenvalue weighted by Gasteiger charge is 2.10. The minimum Gasteiger partial charge on any atom is -0.487 e. The number of rotatable bonds is 5. The number of halogens is 1. The molecule has 2 aromatic rings. The molecule has 6 heteroatoms. The fourth-order valence-corrected chi connectivity index (χ4v) is 2.83. The molecule has 0 saturated heterocycles. The van der Waals surface area contributed by atoms with Gasteiger partial charge >= 0.3 is 0 Å². The molecule has 102 valence electrons. The number of hydrogen-bond acceptors (Lipinski definition) is 5. The van der Waals surface area contributed by atoms with E-state index in [0.29, 0.717) is 6.61 Å². The summed E-state index contributed by atoms with van der Waals surface area (Å²) in [4.78, 5) is 0. The Morgan fingerprint density at radius 1 is 1.32 bits per heavy atom. The largest absolute Gasteiger partial charge is 0.487 e. The lowest BCUT2D eigenvalue weighted by Gasteiger charge is -2.12. The van der Waals surface area contributed by atoms with Crippen molar-refractivity contribution < 1.29 is 4.74 Å². The lowest BCUT2D eigenvalue weighted by Crippen LogP contribution is -2.03. The number of nitrogens with zero attached hydrogens (tertiary/aromatic N) is 2. The Balaban J connectivity index is 2.12. The molecule has 4 nitrogen and oxygen atoms in total. The van der Waals surface area contributed by atoms with Crippen molar-refractivity contribution >= 4 is 28.1 Å². The summed E-state index contributed by atoms with van der Waals surface area (Å²) in [5.41, 5.74) is 2.89. The van der Waals surface area contributed by atoms with E-state index in [1.54, 1.807) is 0 Å². The predicted molar refractivity (Wildman–Crippen MR) is 79.3 cm³/mol. The third kappa shape index (κ3) is 3.36. The number of ether oxygens (including phenoxy) is 1. The summed E-state index contributed by atoms with van der Waals surface area (Å²) < 4.78 is 9.80. The van der Waals surface area contributed by atoms with Crippen molar-refractivity contribution in [2.24, 2.45) is 0 Å². The van der Waals surface area contributed by atoms with Gasteiger partial charge in [0.15, 0.2) is 0 Å². The second-order valence-corrected chi connectivity index (χ2v) is 5.43. The van der Waals surface area contributed by atoms with Gasteiger partial charge in [-0.05, 0) is 44.0 Å². The van der Waals surface area contributed by atoms with Gasteiger partial charge in [0.2, 0.25) is 0 Å². The third-order valence-electron chi connectivity index (χ3n) is 2.67. The third-order valence-corrected chi connectivity index (χ3v) is 3.62. The molecule has 0 spiro atoms. The van der Waals surface area contributed by atoms with Crippen molar-refractivity contribution in [2.45, 2.75) is 27.4 Å². The molecule has 0 aliphatic heterocycles. The summed E-state index contributed by atoms with van der Waals surface area (Å²) in [5, 5.41) is 9.00. The quantitative estimate of drug-likeness (QED) is 0.911. The zero-order valence-corrected chi connectivity index (χ0v) is 12.7. The first-order valence-electron chi connectivity index (χ1n) is 6.06. The number of aromatic nitrogens is 2. The average Bonchev–Trinajstić information content (AvgIpc) is 2.76. The normalized spacial score (nSPS) is 10.5. The fourth-order valence-electron chi connectivity index (χ4n) is 1.86. The van der Waals surface area contributed by atoms with E-state index in [1.807, 2.05) is 32.9 Å². The Morgan fingerprint density at radius 2 is 2.00 bits per heavy atom. The van der Waals surface area contributed by atoms with Crippen LogP contribution in [0.5, 0.6) is 5.75 Å². The molecular formula is C13H16ClN3OS. The smallest absolute Gasteiger partial charge is 0.136 e. The van der Waals surface area contributed by atoms with E-state index in [2.05, 4.69) is 14.9 Å². The Morgan fingerprint density at radius 3 is 2.63 bits per heavy atom. The van der Waals surface area contributed by atoms with E-state index in [4.69, 9.17) is 16.3 Å².